The first-order valence-corrected chi connectivity index (χ1v) is 9.79. The molecule has 4 heterocycles. The fraction of sp³-hybridized carbons (Fsp3) is 0.190. The molecule has 7 nitrogen and oxygen atoms in total. The first-order chi connectivity index (χ1) is 13.8. The lowest BCUT2D eigenvalue weighted by Gasteiger charge is -2.17. The molecule has 2 N–H and O–H groups in total. The van der Waals surface area contributed by atoms with Crippen LogP contribution in [0.15, 0.2) is 42.7 Å². The summed E-state index contributed by atoms with van der Waals surface area (Å²) in [6, 6.07) is 11.3. The number of thiazole rings is 1. The van der Waals surface area contributed by atoms with E-state index < -0.39 is 11.4 Å². The monoisotopic (exact) mass is 402 g/mol. The van der Waals surface area contributed by atoms with Gasteiger partial charge in [-0.15, -0.1) is 11.3 Å². The molecule has 1 amide bonds. The second kappa shape index (κ2) is 7.11. The average molecular weight is 402 g/mol. The van der Waals surface area contributed by atoms with Crippen LogP contribution < -0.4 is 5.32 Å². The first-order valence-electron chi connectivity index (χ1n) is 8.97. The second-order valence-electron chi connectivity index (χ2n) is 7.19. The molecule has 0 aliphatic carbocycles. The minimum Gasteiger partial charge on any atom is -0.339 e. The highest BCUT2D eigenvalue weighted by atomic mass is 32.1. The molecule has 0 bridgehead atoms. The van der Waals surface area contributed by atoms with Gasteiger partial charge in [0.15, 0.2) is 0 Å². The molecule has 0 atom stereocenters. The Morgan fingerprint density at radius 2 is 2.07 bits per heavy atom. The maximum Gasteiger partial charge on any atom is 0.271 e. The van der Waals surface area contributed by atoms with Gasteiger partial charge in [0.05, 0.1) is 27.3 Å². The van der Waals surface area contributed by atoms with Crippen LogP contribution in [0.25, 0.3) is 32.9 Å². The number of nitrogens with zero attached hydrogens (tertiary/aromatic N) is 4. The van der Waals surface area contributed by atoms with Gasteiger partial charge in [-0.25, -0.2) is 15.0 Å². The summed E-state index contributed by atoms with van der Waals surface area (Å²) in [7, 11) is 0. The minimum absolute atomic E-state index is 0.251. The van der Waals surface area contributed by atoms with E-state index in [0.717, 1.165) is 32.2 Å². The van der Waals surface area contributed by atoms with Crippen LogP contribution >= 0.6 is 11.3 Å². The summed E-state index contributed by atoms with van der Waals surface area (Å²) < 4.78 is 0. The number of H-pyrrole nitrogens is 1. The van der Waals surface area contributed by atoms with E-state index in [0.29, 0.717) is 5.69 Å². The second-order valence-corrected chi connectivity index (χ2v) is 8.42. The molecule has 0 fully saturated rings. The van der Waals surface area contributed by atoms with E-state index in [-0.39, 0.29) is 5.69 Å². The lowest BCUT2D eigenvalue weighted by molar-refractivity contribution is 0.0924. The van der Waals surface area contributed by atoms with Gasteiger partial charge in [0.1, 0.15) is 16.9 Å². The van der Waals surface area contributed by atoms with Crippen LogP contribution in [0.2, 0.25) is 0 Å². The predicted octanol–water partition coefficient (Wildman–Crippen LogP) is 4.09. The molecule has 0 radical (unpaired) electrons. The summed E-state index contributed by atoms with van der Waals surface area (Å²) in [5, 5.41) is 13.7. The molecule has 144 valence electrons. The van der Waals surface area contributed by atoms with Crippen molar-refractivity contribution in [1.29, 1.82) is 5.26 Å². The highest BCUT2D eigenvalue weighted by molar-refractivity contribution is 7.15. The highest BCUT2D eigenvalue weighted by Gasteiger charge is 2.21. The van der Waals surface area contributed by atoms with Gasteiger partial charge in [-0.3, -0.25) is 4.79 Å². The number of nitriles is 1. The Labute approximate surface area is 171 Å². The van der Waals surface area contributed by atoms with Gasteiger partial charge in [0, 0.05) is 23.3 Å². The maximum absolute atomic E-state index is 12.4. The number of hydrogen-bond acceptors (Lipinski definition) is 6. The van der Waals surface area contributed by atoms with E-state index in [4.69, 9.17) is 5.26 Å². The molecule has 4 aromatic heterocycles. The molecule has 0 spiro atoms. The van der Waals surface area contributed by atoms with Crippen LogP contribution in [0.1, 0.15) is 29.3 Å². The maximum atomic E-state index is 12.4. The molecular formula is C21H18N6OS. The Morgan fingerprint density at radius 1 is 1.24 bits per heavy atom. The summed E-state index contributed by atoms with van der Waals surface area (Å²) >= 11 is 1.62. The molecule has 0 unspecified atom stereocenters. The van der Waals surface area contributed by atoms with Crippen molar-refractivity contribution in [2.75, 3.05) is 0 Å². The van der Waals surface area contributed by atoms with Gasteiger partial charge in [-0.1, -0.05) is 6.07 Å². The van der Waals surface area contributed by atoms with E-state index >= 15 is 0 Å². The Balaban J connectivity index is 1.66. The summed E-state index contributed by atoms with van der Waals surface area (Å²) in [6.45, 7) is 5.25. The Bertz CT molecular complexity index is 1260. The van der Waals surface area contributed by atoms with Crippen LogP contribution in [-0.4, -0.2) is 31.4 Å². The normalized spacial score (nSPS) is 11.4. The number of aryl methyl sites for hydroxylation is 1. The van der Waals surface area contributed by atoms with E-state index in [1.54, 1.807) is 43.5 Å². The van der Waals surface area contributed by atoms with Gasteiger partial charge >= 0.3 is 0 Å². The van der Waals surface area contributed by atoms with Crippen molar-refractivity contribution >= 4 is 28.3 Å². The van der Waals surface area contributed by atoms with E-state index in [1.165, 1.54) is 0 Å². The molecule has 0 aliphatic rings. The number of rotatable bonds is 4. The first kappa shape index (κ1) is 18.8. The number of amides is 1. The minimum atomic E-state index is -0.967. The van der Waals surface area contributed by atoms with Gasteiger partial charge in [-0.05, 0) is 45.0 Å². The van der Waals surface area contributed by atoms with Crippen LogP contribution in [0.5, 0.6) is 0 Å². The van der Waals surface area contributed by atoms with Crippen molar-refractivity contribution in [3.05, 3.63) is 53.4 Å². The smallest absolute Gasteiger partial charge is 0.271 e. The lowest BCUT2D eigenvalue weighted by Crippen LogP contribution is -2.42. The lowest BCUT2D eigenvalue weighted by atomic mass is 10.1. The zero-order valence-corrected chi connectivity index (χ0v) is 17.0. The van der Waals surface area contributed by atoms with Crippen LogP contribution in [-0.2, 0) is 0 Å². The van der Waals surface area contributed by atoms with Crippen molar-refractivity contribution < 1.29 is 4.79 Å². The Morgan fingerprint density at radius 3 is 2.79 bits per heavy atom. The molecule has 0 aromatic carbocycles. The van der Waals surface area contributed by atoms with Crippen LogP contribution in [0, 0.1) is 18.3 Å². The fourth-order valence-electron chi connectivity index (χ4n) is 2.87. The number of carbonyl (C=O) groups is 1. The molecule has 0 saturated carbocycles. The number of carbonyl (C=O) groups excluding carboxylic acids is 1. The zero-order chi connectivity index (χ0) is 20.6. The number of aromatic amines is 1. The Kier molecular flexibility index (Phi) is 4.60. The fourth-order valence-corrected chi connectivity index (χ4v) is 3.62. The molecule has 29 heavy (non-hydrogen) atoms. The quantitative estimate of drug-likeness (QED) is 0.535. The molecule has 0 aliphatic heterocycles. The number of pyridine rings is 2. The topological polar surface area (TPSA) is 107 Å². The van der Waals surface area contributed by atoms with Crippen molar-refractivity contribution in [3.63, 3.8) is 0 Å². The molecular weight excluding hydrogens is 384 g/mol. The number of nitrogens with one attached hydrogen (secondary N) is 2. The van der Waals surface area contributed by atoms with Gasteiger partial charge in [0.25, 0.3) is 5.91 Å². The largest absolute Gasteiger partial charge is 0.339 e. The molecule has 4 rings (SSSR count). The van der Waals surface area contributed by atoms with Crippen molar-refractivity contribution in [3.8, 4) is 27.9 Å². The molecule has 8 heteroatoms. The van der Waals surface area contributed by atoms with E-state index in [1.807, 2.05) is 37.4 Å². The summed E-state index contributed by atoms with van der Waals surface area (Å²) in [5.41, 5.74) is 2.47. The van der Waals surface area contributed by atoms with Gasteiger partial charge in [0.2, 0.25) is 0 Å². The third-order valence-electron chi connectivity index (χ3n) is 4.34. The van der Waals surface area contributed by atoms with Gasteiger partial charge < -0.3 is 10.3 Å². The van der Waals surface area contributed by atoms with Crippen molar-refractivity contribution in [2.24, 2.45) is 0 Å². The predicted molar refractivity (Wildman–Crippen MR) is 112 cm³/mol. The summed E-state index contributed by atoms with van der Waals surface area (Å²) in [5.74, 6) is -0.392. The van der Waals surface area contributed by atoms with Gasteiger partial charge in [-0.2, -0.15) is 5.26 Å². The SMILES string of the molecule is Cc1ncc(-c2cc3cc(-c4cccc(C(=O)NC(C)(C)C#N)n4)cnc3[nH]2)s1. The van der Waals surface area contributed by atoms with Crippen LogP contribution in [0.4, 0.5) is 0 Å². The van der Waals surface area contributed by atoms with Crippen molar-refractivity contribution in [2.45, 2.75) is 26.3 Å². The number of aromatic nitrogens is 4. The van der Waals surface area contributed by atoms with Crippen LogP contribution in [0.3, 0.4) is 0 Å². The standard InChI is InChI=1S/C21H18N6OS/c1-12-23-10-18(29-12)17-8-13-7-14(9-24-19(13)26-17)15-5-4-6-16(25-15)20(28)27-21(2,3)11-22/h4-10H,1-3H3,(H,24,26)(H,27,28). The Hall–Kier alpha value is -3.57. The highest BCUT2D eigenvalue weighted by Crippen LogP contribution is 2.29. The third kappa shape index (κ3) is 3.86. The average Bonchev–Trinajstić information content (AvgIpc) is 3.33. The van der Waals surface area contributed by atoms with Crippen molar-refractivity contribution in [1.82, 2.24) is 25.3 Å². The molecule has 4 aromatic rings. The third-order valence-corrected chi connectivity index (χ3v) is 5.29. The summed E-state index contributed by atoms with van der Waals surface area (Å²) in [4.78, 5) is 30.0. The number of fused-ring (bicyclic) bond motifs is 1. The van der Waals surface area contributed by atoms with E-state index in [9.17, 15) is 4.79 Å². The summed E-state index contributed by atoms with van der Waals surface area (Å²) in [6.07, 6.45) is 3.57. The zero-order valence-electron chi connectivity index (χ0n) is 16.1. The van der Waals surface area contributed by atoms with E-state index in [2.05, 4.69) is 25.3 Å². The number of hydrogen-bond donors (Lipinski definition) is 2. The molecule has 0 saturated heterocycles.